The van der Waals surface area contributed by atoms with Crippen molar-refractivity contribution in [3.05, 3.63) is 153 Å². The van der Waals surface area contributed by atoms with Crippen LogP contribution in [0.4, 0.5) is 0 Å². The molecule has 444 valence electrons. The summed E-state index contributed by atoms with van der Waals surface area (Å²) in [6.45, 7) is 2.44. The van der Waals surface area contributed by atoms with Crippen LogP contribution in [0.1, 0.15) is 116 Å². The first-order valence-electron chi connectivity index (χ1n) is 31.2. The number of fused-ring (bicyclic) bond motifs is 7. The number of aryl methyl sites for hydroxylation is 1. The van der Waals surface area contributed by atoms with E-state index in [2.05, 4.69) is 102 Å². The van der Waals surface area contributed by atoms with Crippen molar-refractivity contribution in [1.29, 1.82) is 0 Å². The topological polar surface area (TPSA) is 214 Å². The summed E-state index contributed by atoms with van der Waals surface area (Å²) in [5, 5.41) is 87.3. The number of nitrogens with two attached hydrogens (primary N) is 1. The molecule has 3 aromatic carbocycles. The molecule has 12 rings (SSSR count). The Kier molecular flexibility index (Phi) is 18.2. The van der Waals surface area contributed by atoms with Gasteiger partial charge in [0.2, 0.25) is 0 Å². The summed E-state index contributed by atoms with van der Waals surface area (Å²) in [5.74, 6) is 9.07. The van der Waals surface area contributed by atoms with Gasteiger partial charge in [0.25, 0.3) is 0 Å². The molecule has 0 amide bonds. The molecule has 14 heteroatoms. The molecule has 18 unspecified atom stereocenters. The molecular weight excluding hydrogens is 1080 g/mol. The minimum Gasteiger partial charge on any atom is -0.504 e. The van der Waals surface area contributed by atoms with E-state index in [1.165, 1.54) is 22.3 Å². The van der Waals surface area contributed by atoms with E-state index in [0.29, 0.717) is 87.6 Å². The quantitative estimate of drug-likeness (QED) is 0.0408. The van der Waals surface area contributed by atoms with E-state index in [4.69, 9.17) is 15.2 Å². The van der Waals surface area contributed by atoms with Gasteiger partial charge in [0, 0.05) is 77.1 Å². The lowest BCUT2D eigenvalue weighted by Gasteiger charge is -2.59. The van der Waals surface area contributed by atoms with Crippen molar-refractivity contribution < 1.29 is 45.2 Å². The van der Waals surface area contributed by atoms with Crippen molar-refractivity contribution in [2.45, 2.75) is 145 Å². The minimum absolute atomic E-state index is 0.0236. The molecule has 83 heavy (non-hydrogen) atoms. The molecule has 1 spiro atoms. The highest BCUT2D eigenvalue weighted by atomic mass is 33.1. The molecule has 0 radical (unpaired) electrons. The van der Waals surface area contributed by atoms with E-state index in [1.807, 2.05) is 24.4 Å². The number of ether oxygens (including phenoxy) is 2. The molecule has 0 bridgehead atoms. The summed E-state index contributed by atoms with van der Waals surface area (Å²) in [7, 11) is 3.26. The van der Waals surface area contributed by atoms with Crippen LogP contribution in [-0.2, 0) is 30.4 Å². The zero-order chi connectivity index (χ0) is 57.4. The van der Waals surface area contributed by atoms with Gasteiger partial charge in [-0.25, -0.2) is 0 Å². The number of nitrogens with one attached hydrogen (secondary N) is 2. The molecule has 18 atom stereocenters. The first kappa shape index (κ1) is 58.7. The third kappa shape index (κ3) is 12.0. The van der Waals surface area contributed by atoms with Gasteiger partial charge >= 0.3 is 0 Å². The number of aromatic amines is 1. The number of aliphatic hydroxyl groups is 6. The maximum absolute atomic E-state index is 13.1. The SMILES string of the molecule is CCC1Cc2cc(O)c(OC3CC(Cc4ccc[nH]4)C4=CCNC(N)=C4CSSCC(CO)C3O)cc2C2CC(O)C3C(C#CC4(CC(O)CCC3OCCO)CC(c3ccccc3)C3Cc5ccccc5CCC5CCC(O)C4C53)C=C12. The second-order valence-electron chi connectivity index (χ2n) is 25.8. The Labute approximate surface area is 498 Å². The van der Waals surface area contributed by atoms with E-state index in [-0.39, 0.29) is 72.7 Å². The first-order chi connectivity index (χ1) is 40.4. The van der Waals surface area contributed by atoms with Crippen LogP contribution in [0.15, 0.2) is 120 Å². The Bertz CT molecular complexity index is 3050. The number of aromatic hydroxyl groups is 1. The molecule has 2 saturated carbocycles. The van der Waals surface area contributed by atoms with Crippen molar-refractivity contribution in [3.63, 3.8) is 0 Å². The van der Waals surface area contributed by atoms with Crippen molar-refractivity contribution in [2.24, 2.45) is 64.4 Å². The van der Waals surface area contributed by atoms with Crippen molar-refractivity contribution >= 4 is 21.6 Å². The summed E-state index contributed by atoms with van der Waals surface area (Å²) in [6.07, 6.45) is 11.3. The molecule has 12 nitrogen and oxygen atoms in total. The van der Waals surface area contributed by atoms with Gasteiger partial charge in [-0.2, -0.15) is 0 Å². The summed E-state index contributed by atoms with van der Waals surface area (Å²) in [4.78, 5) is 3.39. The number of benzene rings is 3. The van der Waals surface area contributed by atoms with Crippen LogP contribution in [0, 0.1) is 70.5 Å². The number of allylic oxidation sites excluding steroid dienone is 3. The Morgan fingerprint density at radius 2 is 1.65 bits per heavy atom. The third-order valence-corrected chi connectivity index (χ3v) is 23.6. The average Bonchev–Trinajstić information content (AvgIpc) is 1.55. The highest BCUT2D eigenvalue weighted by Gasteiger charge is 2.59. The molecule has 2 aliphatic heterocycles. The van der Waals surface area contributed by atoms with Crippen LogP contribution in [-0.4, -0.2) is 115 Å². The zero-order valence-electron chi connectivity index (χ0n) is 48.0. The molecule has 3 fully saturated rings. The fourth-order valence-corrected chi connectivity index (χ4v) is 19.8. The molecule has 6 aliphatic carbocycles. The van der Waals surface area contributed by atoms with Gasteiger partial charge in [-0.15, -0.1) is 0 Å². The van der Waals surface area contributed by atoms with Gasteiger partial charge in [-0.05, 0) is 183 Å². The number of dihydropyridines is 1. The number of aliphatic hydroxyl groups excluding tert-OH is 6. The van der Waals surface area contributed by atoms with E-state index in [9.17, 15) is 35.7 Å². The fraction of sp³-hybridized carbons (Fsp3) is 0.565. The number of aromatic nitrogens is 1. The van der Waals surface area contributed by atoms with Crippen LogP contribution in [0.2, 0.25) is 0 Å². The van der Waals surface area contributed by atoms with Crippen molar-refractivity contribution in [1.82, 2.24) is 10.3 Å². The Morgan fingerprint density at radius 1 is 0.819 bits per heavy atom. The second-order valence-corrected chi connectivity index (χ2v) is 28.3. The summed E-state index contributed by atoms with van der Waals surface area (Å²) >= 11 is 0. The Hall–Kier alpha value is -4.66. The highest BCUT2D eigenvalue weighted by molar-refractivity contribution is 8.76. The van der Waals surface area contributed by atoms with Gasteiger partial charge in [0.1, 0.15) is 11.9 Å². The van der Waals surface area contributed by atoms with Gasteiger partial charge < -0.3 is 61.3 Å². The number of rotatable bonds is 10. The molecule has 4 aromatic rings. The Balaban J connectivity index is 0.951. The maximum atomic E-state index is 13.1. The largest absolute Gasteiger partial charge is 0.504 e. The molecule has 1 saturated heterocycles. The molecule has 3 heterocycles. The summed E-state index contributed by atoms with van der Waals surface area (Å²) in [6, 6.07) is 27.7. The molecule has 8 aliphatic rings. The van der Waals surface area contributed by atoms with Gasteiger partial charge in [-0.1, -0.05) is 113 Å². The first-order valence-corrected chi connectivity index (χ1v) is 33.7. The van der Waals surface area contributed by atoms with Crippen molar-refractivity contribution in [3.8, 4) is 23.3 Å². The average molecular weight is 1170 g/mol. The Morgan fingerprint density at radius 3 is 2.45 bits per heavy atom. The predicted octanol–water partition coefficient (Wildman–Crippen LogP) is 9.28. The normalized spacial score (nSPS) is 36.3. The lowest BCUT2D eigenvalue weighted by Crippen LogP contribution is -2.57. The summed E-state index contributed by atoms with van der Waals surface area (Å²) < 4.78 is 13.6. The van der Waals surface area contributed by atoms with E-state index >= 15 is 0 Å². The van der Waals surface area contributed by atoms with Gasteiger partial charge in [0.15, 0.2) is 11.5 Å². The number of phenolic OH excluding ortho intramolecular Hbond substituents is 1. The lowest BCUT2D eigenvalue weighted by atomic mass is 9.45. The molecule has 1 aromatic heterocycles. The molecular formula is C69H87N3O9S2. The minimum atomic E-state index is -1.08. The van der Waals surface area contributed by atoms with E-state index in [0.717, 1.165) is 60.1 Å². The van der Waals surface area contributed by atoms with Crippen LogP contribution in [0.3, 0.4) is 0 Å². The number of hydrogen-bond acceptors (Lipinski definition) is 13. The smallest absolute Gasteiger partial charge is 0.161 e. The predicted molar refractivity (Wildman–Crippen MR) is 328 cm³/mol. The maximum Gasteiger partial charge on any atom is 0.161 e. The molecule has 11 N–H and O–H groups in total. The van der Waals surface area contributed by atoms with Crippen LogP contribution in [0.5, 0.6) is 11.5 Å². The van der Waals surface area contributed by atoms with Gasteiger partial charge in [-0.3, -0.25) is 0 Å². The monoisotopic (exact) mass is 1170 g/mol. The van der Waals surface area contributed by atoms with Crippen molar-refractivity contribution in [2.75, 3.05) is 37.9 Å². The van der Waals surface area contributed by atoms with Gasteiger partial charge in [0.05, 0.1) is 43.7 Å². The number of hydrogen-bond donors (Lipinski definition) is 10. The van der Waals surface area contributed by atoms with Crippen LogP contribution < -0.4 is 15.8 Å². The summed E-state index contributed by atoms with van der Waals surface area (Å²) in [5.41, 5.74) is 16.4. The second kappa shape index (κ2) is 25.7. The van der Waals surface area contributed by atoms with E-state index in [1.54, 1.807) is 21.6 Å². The van der Waals surface area contributed by atoms with Crippen LogP contribution in [0.25, 0.3) is 0 Å². The standard InChI is InChI=1S/C69H87N3O9S2/c1-2-40-27-46-31-59(77)62(81-63-32-47(28-49-13-8-23-71-49)51-21-24-72-68(70)57(51)39-83-82-38-48(37-74)67(63)79)34-53(46)54-33-60(78)65-45(30-52(40)54)20-22-69(35-50(75)17-19-61(65)80-26-25-73)36-56(42-10-4-3-5-11-42)55-29-44-12-7-6-9-41(44)14-15-43-16-18-58(76)66(69)64(43)55/h3-13,21,23,30-31,34,40,43,45,47-48,50,54-56,58,60-61,63-67,71-79H,2,14-19,24-29,32-33,35-39,70H2,1H3. The highest BCUT2D eigenvalue weighted by Crippen LogP contribution is 2.63. The fourth-order valence-electron chi connectivity index (χ4n) is 17.3. The zero-order valence-corrected chi connectivity index (χ0v) is 49.7. The third-order valence-electron chi connectivity index (χ3n) is 21.2. The lowest BCUT2D eigenvalue weighted by molar-refractivity contribution is -0.124. The number of phenols is 1. The number of H-pyrrole nitrogens is 1. The van der Waals surface area contributed by atoms with Crippen LogP contribution >= 0.6 is 21.6 Å². The van der Waals surface area contributed by atoms with E-state index < -0.39 is 59.8 Å².